The smallest absolute Gasteiger partial charge is 0.254 e. The summed E-state index contributed by atoms with van der Waals surface area (Å²) in [4.78, 5) is 17.8. The van der Waals surface area contributed by atoms with Crippen molar-refractivity contribution in [3.05, 3.63) is 47.2 Å². The summed E-state index contributed by atoms with van der Waals surface area (Å²) in [5.74, 6) is 1.71. The number of aryl methyl sites for hydroxylation is 1. The van der Waals surface area contributed by atoms with Crippen LogP contribution in [0.15, 0.2) is 28.7 Å². The molecule has 2 aromatic rings. The van der Waals surface area contributed by atoms with E-state index in [4.69, 9.17) is 4.42 Å². The summed E-state index contributed by atoms with van der Waals surface area (Å²) in [5.41, 5.74) is 1.65. The lowest BCUT2D eigenvalue weighted by atomic mass is 9.67. The average Bonchev–Trinajstić information content (AvgIpc) is 3.23. The molecule has 1 amide bonds. The molecule has 0 unspecified atom stereocenters. The fourth-order valence-corrected chi connectivity index (χ4v) is 5.28. The van der Waals surface area contributed by atoms with Gasteiger partial charge in [0.1, 0.15) is 5.54 Å². The highest BCUT2D eigenvalue weighted by Crippen LogP contribution is 2.56. The molecule has 1 aliphatic carbocycles. The zero-order valence-corrected chi connectivity index (χ0v) is 16.6. The molecule has 3 heterocycles. The van der Waals surface area contributed by atoms with Gasteiger partial charge in [-0.05, 0) is 68.8 Å². The van der Waals surface area contributed by atoms with Crippen LogP contribution in [-0.2, 0) is 12.1 Å². The van der Waals surface area contributed by atoms with Crippen LogP contribution in [0.5, 0.6) is 0 Å². The Morgan fingerprint density at radius 2 is 1.89 bits per heavy atom. The Morgan fingerprint density at radius 1 is 1.11 bits per heavy atom. The topological polar surface area (TPSA) is 62.5 Å². The molecule has 6 heteroatoms. The van der Waals surface area contributed by atoms with Crippen molar-refractivity contribution in [1.82, 2.24) is 20.0 Å². The first-order chi connectivity index (χ1) is 13.7. The van der Waals surface area contributed by atoms with E-state index >= 15 is 0 Å². The van der Waals surface area contributed by atoms with Crippen LogP contribution in [0.1, 0.15) is 66.2 Å². The zero-order valence-electron chi connectivity index (χ0n) is 16.6. The molecule has 0 bridgehead atoms. The molecular formula is C22H28N4O2. The Kier molecular flexibility index (Phi) is 4.46. The predicted molar refractivity (Wildman–Crippen MR) is 105 cm³/mol. The van der Waals surface area contributed by atoms with Crippen LogP contribution < -0.4 is 0 Å². The average molecular weight is 380 g/mol. The number of amides is 1. The first-order valence-electron chi connectivity index (χ1n) is 10.6. The molecule has 5 rings (SSSR count). The van der Waals surface area contributed by atoms with Crippen molar-refractivity contribution in [2.45, 2.75) is 57.5 Å². The molecule has 1 saturated carbocycles. The van der Waals surface area contributed by atoms with Crippen LogP contribution in [0.4, 0.5) is 0 Å². The van der Waals surface area contributed by atoms with Gasteiger partial charge in [-0.15, -0.1) is 10.2 Å². The fraction of sp³-hybridized carbons (Fsp3) is 0.591. The van der Waals surface area contributed by atoms with Gasteiger partial charge in [-0.1, -0.05) is 18.6 Å². The summed E-state index contributed by atoms with van der Waals surface area (Å²) >= 11 is 0. The van der Waals surface area contributed by atoms with Crippen molar-refractivity contribution >= 4 is 5.91 Å². The van der Waals surface area contributed by atoms with E-state index in [9.17, 15) is 4.79 Å². The number of piperidine rings is 1. The third-order valence-electron chi connectivity index (χ3n) is 6.93. The highest BCUT2D eigenvalue weighted by Gasteiger charge is 2.61. The molecule has 1 aromatic heterocycles. The number of aromatic nitrogens is 2. The van der Waals surface area contributed by atoms with Crippen LogP contribution in [0.3, 0.4) is 0 Å². The summed E-state index contributed by atoms with van der Waals surface area (Å²) in [6.07, 6.45) is 6.99. The van der Waals surface area contributed by atoms with E-state index in [-0.39, 0.29) is 11.4 Å². The van der Waals surface area contributed by atoms with Gasteiger partial charge in [0.25, 0.3) is 5.91 Å². The lowest BCUT2D eigenvalue weighted by molar-refractivity contribution is -0.00343. The number of carbonyl (C=O) groups excluding carboxylic acids is 1. The van der Waals surface area contributed by atoms with Gasteiger partial charge >= 0.3 is 0 Å². The van der Waals surface area contributed by atoms with Crippen molar-refractivity contribution in [3.63, 3.8) is 0 Å². The minimum atomic E-state index is -0.384. The van der Waals surface area contributed by atoms with Gasteiger partial charge in [0.05, 0.1) is 0 Å². The second-order valence-corrected chi connectivity index (χ2v) is 8.57. The number of carbonyl (C=O) groups is 1. The van der Waals surface area contributed by atoms with Crippen LogP contribution in [0, 0.1) is 12.8 Å². The highest BCUT2D eigenvalue weighted by atomic mass is 16.4. The Hall–Kier alpha value is -2.21. The molecule has 6 nitrogen and oxygen atoms in total. The van der Waals surface area contributed by atoms with E-state index in [0.29, 0.717) is 17.7 Å². The van der Waals surface area contributed by atoms with Gasteiger partial charge < -0.3 is 9.32 Å². The van der Waals surface area contributed by atoms with E-state index in [1.165, 1.54) is 37.9 Å². The van der Waals surface area contributed by atoms with Crippen molar-refractivity contribution in [2.75, 3.05) is 19.6 Å². The second-order valence-electron chi connectivity index (χ2n) is 8.57. The number of hydrogen-bond donors (Lipinski definition) is 0. The van der Waals surface area contributed by atoms with Gasteiger partial charge in [0.2, 0.25) is 11.8 Å². The molecule has 2 atom stereocenters. The molecular weight excluding hydrogens is 352 g/mol. The Morgan fingerprint density at radius 3 is 2.54 bits per heavy atom. The summed E-state index contributed by atoms with van der Waals surface area (Å²) in [5, 5.41) is 8.31. The Bertz CT molecular complexity index is 856. The van der Waals surface area contributed by atoms with Crippen molar-refractivity contribution in [2.24, 2.45) is 5.92 Å². The van der Waals surface area contributed by atoms with E-state index in [0.717, 1.165) is 37.9 Å². The third kappa shape index (κ3) is 2.85. The van der Waals surface area contributed by atoms with Crippen LogP contribution in [-0.4, -0.2) is 45.5 Å². The molecule has 28 heavy (non-hydrogen) atoms. The number of hydrogen-bond acceptors (Lipinski definition) is 5. The van der Waals surface area contributed by atoms with Crippen molar-refractivity contribution in [1.29, 1.82) is 0 Å². The first-order valence-corrected chi connectivity index (χ1v) is 10.6. The Labute approximate surface area is 165 Å². The monoisotopic (exact) mass is 380 g/mol. The summed E-state index contributed by atoms with van der Waals surface area (Å²) < 4.78 is 5.79. The quantitative estimate of drug-likeness (QED) is 0.812. The molecule has 3 fully saturated rings. The van der Waals surface area contributed by atoms with E-state index < -0.39 is 0 Å². The van der Waals surface area contributed by atoms with Crippen molar-refractivity contribution in [3.8, 4) is 0 Å². The maximum atomic E-state index is 13.3. The van der Waals surface area contributed by atoms with Crippen LogP contribution in [0.25, 0.3) is 0 Å². The third-order valence-corrected chi connectivity index (χ3v) is 6.93. The second kappa shape index (κ2) is 6.99. The molecule has 0 spiro atoms. The predicted octanol–water partition coefficient (Wildman–Crippen LogP) is 3.52. The molecule has 0 radical (unpaired) electrons. The largest absolute Gasteiger partial charge is 0.423 e. The standard InChI is InChI=1S/C22H28N4O2/c1-16-23-24-21(28-16)22-11-9-19(22)10-14-26(22)20(27)18-7-5-17(6-8-18)15-25-12-3-2-4-13-25/h5-8,19H,2-4,9-15H2,1H3/t19-,22-/m0/s1. The van der Waals surface area contributed by atoms with Gasteiger partial charge in [-0.25, -0.2) is 0 Å². The fourth-order valence-electron chi connectivity index (χ4n) is 5.28. The van der Waals surface area contributed by atoms with Crippen LogP contribution >= 0.6 is 0 Å². The summed E-state index contributed by atoms with van der Waals surface area (Å²) in [7, 11) is 0. The molecule has 0 N–H and O–H groups in total. The zero-order chi connectivity index (χ0) is 19.1. The molecule has 2 aliphatic heterocycles. The number of rotatable bonds is 4. The lowest BCUT2D eigenvalue weighted by Gasteiger charge is -2.47. The van der Waals surface area contributed by atoms with E-state index in [2.05, 4.69) is 27.2 Å². The molecule has 148 valence electrons. The maximum absolute atomic E-state index is 13.3. The number of nitrogens with zero attached hydrogens (tertiary/aromatic N) is 4. The highest BCUT2D eigenvalue weighted by molar-refractivity contribution is 5.95. The van der Waals surface area contributed by atoms with E-state index in [1.54, 1.807) is 0 Å². The summed E-state index contributed by atoms with van der Waals surface area (Å²) in [6.45, 7) is 5.92. The van der Waals surface area contributed by atoms with Gasteiger partial charge in [-0.2, -0.15) is 0 Å². The summed E-state index contributed by atoms with van der Waals surface area (Å²) in [6, 6.07) is 8.19. The molecule has 3 aliphatic rings. The van der Waals surface area contributed by atoms with Gasteiger partial charge in [-0.3, -0.25) is 9.69 Å². The maximum Gasteiger partial charge on any atom is 0.254 e. The minimum Gasteiger partial charge on any atom is -0.423 e. The van der Waals surface area contributed by atoms with Gasteiger partial charge in [0.15, 0.2) is 0 Å². The minimum absolute atomic E-state index is 0.0857. The Balaban J connectivity index is 1.34. The van der Waals surface area contributed by atoms with E-state index in [1.807, 2.05) is 24.0 Å². The van der Waals surface area contributed by atoms with Crippen molar-refractivity contribution < 1.29 is 9.21 Å². The van der Waals surface area contributed by atoms with Gasteiger partial charge in [0, 0.05) is 25.6 Å². The molecule has 1 aromatic carbocycles. The lowest BCUT2D eigenvalue weighted by Crippen LogP contribution is -2.54. The number of likely N-dealkylation sites (tertiary alicyclic amines) is 2. The normalized spacial score (nSPS) is 27.5. The van der Waals surface area contributed by atoms with Crippen LogP contribution in [0.2, 0.25) is 0 Å². The number of benzene rings is 1. The molecule has 2 saturated heterocycles. The first kappa shape index (κ1) is 17.9. The number of fused-ring (bicyclic) bond motifs is 1. The SMILES string of the molecule is Cc1nnc([C@]23CC[C@H]2CCN3C(=O)c2ccc(CN3CCCCC3)cc2)o1.